The van der Waals surface area contributed by atoms with E-state index in [2.05, 4.69) is 15.3 Å². The number of halogens is 1. The van der Waals surface area contributed by atoms with Crippen molar-refractivity contribution < 1.29 is 9.72 Å². The average Bonchev–Trinajstić information content (AvgIpc) is 2.91. The van der Waals surface area contributed by atoms with Gasteiger partial charge in [0, 0.05) is 47.6 Å². The first-order valence-electron chi connectivity index (χ1n) is 5.76. The van der Waals surface area contributed by atoms with E-state index in [0.717, 1.165) is 5.69 Å². The first-order chi connectivity index (χ1) is 9.56. The molecule has 0 unspecified atom stereocenters. The van der Waals surface area contributed by atoms with Gasteiger partial charge in [-0.2, -0.15) is 0 Å². The van der Waals surface area contributed by atoms with E-state index in [4.69, 9.17) is 11.6 Å². The molecule has 20 heavy (non-hydrogen) atoms. The molecule has 0 saturated carbocycles. The van der Waals surface area contributed by atoms with Crippen molar-refractivity contribution in [1.82, 2.24) is 15.3 Å². The number of nitro benzene ring substituents is 1. The maximum atomic E-state index is 11.9. The second-order valence-corrected chi connectivity index (χ2v) is 4.47. The maximum Gasteiger partial charge on any atom is 0.271 e. The molecule has 0 fully saturated rings. The third kappa shape index (κ3) is 3.55. The summed E-state index contributed by atoms with van der Waals surface area (Å²) in [5.41, 5.74) is 0.840. The Labute approximate surface area is 119 Å². The van der Waals surface area contributed by atoms with Gasteiger partial charge in [0.2, 0.25) is 0 Å². The molecule has 0 spiro atoms. The zero-order valence-electron chi connectivity index (χ0n) is 10.3. The van der Waals surface area contributed by atoms with Gasteiger partial charge in [-0.15, -0.1) is 0 Å². The maximum absolute atomic E-state index is 11.9. The van der Waals surface area contributed by atoms with Gasteiger partial charge in [0.15, 0.2) is 0 Å². The third-order valence-corrected chi connectivity index (χ3v) is 2.81. The van der Waals surface area contributed by atoms with Crippen molar-refractivity contribution in [3.63, 3.8) is 0 Å². The van der Waals surface area contributed by atoms with Gasteiger partial charge in [-0.25, -0.2) is 4.98 Å². The molecule has 2 N–H and O–H groups in total. The fourth-order valence-electron chi connectivity index (χ4n) is 1.64. The van der Waals surface area contributed by atoms with Gasteiger partial charge < -0.3 is 10.3 Å². The zero-order valence-corrected chi connectivity index (χ0v) is 11.1. The number of nitrogens with one attached hydrogen (secondary N) is 2. The molecule has 0 bridgehead atoms. The Bertz CT molecular complexity index is 628. The molecule has 0 radical (unpaired) electrons. The van der Waals surface area contributed by atoms with E-state index in [-0.39, 0.29) is 16.3 Å². The van der Waals surface area contributed by atoms with Gasteiger partial charge in [0.1, 0.15) is 0 Å². The van der Waals surface area contributed by atoms with Crippen LogP contribution < -0.4 is 5.32 Å². The van der Waals surface area contributed by atoms with E-state index in [1.54, 1.807) is 12.5 Å². The summed E-state index contributed by atoms with van der Waals surface area (Å²) >= 11 is 5.76. The fourth-order valence-corrected chi connectivity index (χ4v) is 1.87. The normalized spacial score (nSPS) is 10.2. The minimum absolute atomic E-state index is 0.151. The molecule has 0 aliphatic carbocycles. The van der Waals surface area contributed by atoms with Crippen LogP contribution in [0.1, 0.15) is 16.1 Å². The lowest BCUT2D eigenvalue weighted by Gasteiger charge is -2.05. The lowest BCUT2D eigenvalue weighted by molar-refractivity contribution is -0.384. The van der Waals surface area contributed by atoms with Crippen molar-refractivity contribution >= 4 is 23.2 Å². The molecule has 104 valence electrons. The Balaban J connectivity index is 2.00. The lowest BCUT2D eigenvalue weighted by atomic mass is 10.2. The smallest absolute Gasteiger partial charge is 0.271 e. The number of aromatic nitrogens is 2. The number of benzene rings is 1. The third-order valence-electron chi connectivity index (χ3n) is 2.59. The number of nitrogens with zero attached hydrogens (tertiary/aromatic N) is 2. The molecule has 1 amide bonds. The summed E-state index contributed by atoms with van der Waals surface area (Å²) in [4.78, 5) is 28.8. The van der Waals surface area contributed by atoms with Gasteiger partial charge in [-0.3, -0.25) is 14.9 Å². The quantitative estimate of drug-likeness (QED) is 0.650. The van der Waals surface area contributed by atoms with Crippen molar-refractivity contribution in [2.75, 3.05) is 6.54 Å². The molecule has 2 rings (SSSR count). The molecule has 1 aromatic carbocycles. The van der Waals surface area contributed by atoms with Crippen LogP contribution in [-0.2, 0) is 6.42 Å². The Morgan fingerprint density at radius 3 is 2.90 bits per heavy atom. The number of carbonyl (C=O) groups is 1. The molecular weight excluding hydrogens is 284 g/mol. The van der Waals surface area contributed by atoms with E-state index in [9.17, 15) is 14.9 Å². The first kappa shape index (κ1) is 14.0. The fraction of sp³-hybridized carbons (Fsp3) is 0.167. The number of hydrogen-bond acceptors (Lipinski definition) is 4. The molecule has 1 aromatic heterocycles. The Kier molecular flexibility index (Phi) is 4.31. The number of H-pyrrole nitrogens is 1. The van der Waals surface area contributed by atoms with Crippen molar-refractivity contribution in [2.24, 2.45) is 0 Å². The van der Waals surface area contributed by atoms with Gasteiger partial charge in [0.05, 0.1) is 11.3 Å². The van der Waals surface area contributed by atoms with Crippen molar-refractivity contribution in [3.05, 3.63) is 57.1 Å². The van der Waals surface area contributed by atoms with Crippen LogP contribution in [0.5, 0.6) is 0 Å². The van der Waals surface area contributed by atoms with E-state index >= 15 is 0 Å². The summed E-state index contributed by atoms with van der Waals surface area (Å²) in [6.45, 7) is 0.390. The Morgan fingerprint density at radius 2 is 2.25 bits per heavy atom. The van der Waals surface area contributed by atoms with Crippen LogP contribution in [0.25, 0.3) is 0 Å². The van der Waals surface area contributed by atoms with Crippen LogP contribution >= 0.6 is 11.6 Å². The van der Waals surface area contributed by atoms with Crippen LogP contribution in [0.4, 0.5) is 5.69 Å². The van der Waals surface area contributed by atoms with Crippen LogP contribution in [0.15, 0.2) is 30.7 Å². The summed E-state index contributed by atoms with van der Waals surface area (Å²) in [6.07, 6.45) is 3.81. The highest BCUT2D eigenvalue weighted by Crippen LogP contribution is 2.20. The highest BCUT2D eigenvalue weighted by atomic mass is 35.5. The molecular formula is C12H11ClN4O3. The number of rotatable bonds is 5. The van der Waals surface area contributed by atoms with Crippen molar-refractivity contribution in [1.29, 1.82) is 0 Å². The van der Waals surface area contributed by atoms with E-state index in [0.29, 0.717) is 13.0 Å². The van der Waals surface area contributed by atoms with Crippen molar-refractivity contribution in [3.8, 4) is 0 Å². The predicted molar refractivity (Wildman–Crippen MR) is 72.7 cm³/mol. The summed E-state index contributed by atoms with van der Waals surface area (Å²) in [6, 6.07) is 3.78. The Morgan fingerprint density at radius 1 is 1.45 bits per heavy atom. The molecule has 0 aliphatic heterocycles. The average molecular weight is 295 g/mol. The molecule has 0 saturated heterocycles. The van der Waals surface area contributed by atoms with Gasteiger partial charge >= 0.3 is 0 Å². The van der Waals surface area contributed by atoms with Crippen LogP contribution in [0, 0.1) is 10.1 Å². The van der Waals surface area contributed by atoms with E-state index in [1.807, 2.05) is 0 Å². The van der Waals surface area contributed by atoms with Gasteiger partial charge in [-0.05, 0) is 6.07 Å². The molecule has 2 aromatic rings. The highest BCUT2D eigenvalue weighted by Gasteiger charge is 2.13. The molecule has 1 heterocycles. The molecule has 0 atom stereocenters. The number of aromatic amines is 1. The zero-order chi connectivity index (χ0) is 14.5. The number of imidazole rings is 1. The molecule has 8 heteroatoms. The largest absolute Gasteiger partial charge is 0.352 e. The van der Waals surface area contributed by atoms with Crippen LogP contribution in [-0.4, -0.2) is 27.3 Å². The first-order valence-corrected chi connectivity index (χ1v) is 6.14. The number of hydrogen-bond donors (Lipinski definition) is 2. The number of amides is 1. The van der Waals surface area contributed by atoms with E-state index < -0.39 is 10.8 Å². The Hall–Kier alpha value is -2.41. The van der Waals surface area contributed by atoms with E-state index in [1.165, 1.54) is 18.2 Å². The number of non-ortho nitro benzene ring substituents is 1. The minimum Gasteiger partial charge on any atom is -0.352 e. The second-order valence-electron chi connectivity index (χ2n) is 4.04. The van der Waals surface area contributed by atoms with Gasteiger partial charge in [0.25, 0.3) is 11.6 Å². The van der Waals surface area contributed by atoms with Crippen LogP contribution in [0.2, 0.25) is 5.02 Å². The van der Waals surface area contributed by atoms with Crippen LogP contribution in [0.3, 0.4) is 0 Å². The number of nitro groups is 1. The number of carbonyl (C=O) groups excluding carboxylic acids is 1. The summed E-state index contributed by atoms with van der Waals surface area (Å²) < 4.78 is 0. The SMILES string of the molecule is O=C(NCCc1cnc[nH]1)c1cc(Cl)cc([N+](=O)[O-])c1. The molecule has 0 aliphatic rings. The summed E-state index contributed by atoms with van der Waals surface area (Å²) in [5, 5.41) is 13.5. The highest BCUT2D eigenvalue weighted by molar-refractivity contribution is 6.31. The topological polar surface area (TPSA) is 101 Å². The van der Waals surface area contributed by atoms with Crippen molar-refractivity contribution in [2.45, 2.75) is 6.42 Å². The minimum atomic E-state index is -0.590. The lowest BCUT2D eigenvalue weighted by Crippen LogP contribution is -2.25. The van der Waals surface area contributed by atoms with Gasteiger partial charge in [-0.1, -0.05) is 11.6 Å². The standard InChI is InChI=1S/C12H11ClN4O3/c13-9-3-8(4-11(5-9)17(19)20)12(18)15-2-1-10-6-14-7-16-10/h3-7H,1-2H2,(H,14,16)(H,15,18). The summed E-state index contributed by atoms with van der Waals surface area (Å²) in [5.74, 6) is -0.407. The second kappa shape index (κ2) is 6.16. The predicted octanol–water partition coefficient (Wildman–Crippen LogP) is 1.94. The molecule has 7 nitrogen and oxygen atoms in total. The monoisotopic (exact) mass is 294 g/mol. The summed E-state index contributed by atoms with van der Waals surface area (Å²) in [7, 11) is 0.